The minimum absolute atomic E-state index is 0.0259. The summed E-state index contributed by atoms with van der Waals surface area (Å²) >= 11 is 0. The van der Waals surface area contributed by atoms with E-state index >= 15 is 0 Å². The SMILES string of the molecule is C=CCC(/C=C\CNS(=O)C(C)C)C(=O)N/C(C=C)=C/C=C(\C)F. The number of hydrogen-bond acceptors (Lipinski definition) is 2. The molecule has 0 aliphatic rings. The number of carbonyl (C=O) groups is 1. The molecule has 0 aliphatic heterocycles. The van der Waals surface area contributed by atoms with E-state index in [0.29, 0.717) is 18.7 Å². The quantitative estimate of drug-likeness (QED) is 0.441. The summed E-state index contributed by atoms with van der Waals surface area (Å²) in [6.45, 7) is 12.7. The molecule has 0 saturated carbocycles. The summed E-state index contributed by atoms with van der Waals surface area (Å²) < 4.78 is 27.2. The second kappa shape index (κ2) is 12.6. The van der Waals surface area contributed by atoms with Crippen LogP contribution in [0.2, 0.25) is 0 Å². The van der Waals surface area contributed by atoms with Gasteiger partial charge >= 0.3 is 0 Å². The molecule has 6 heteroatoms. The number of halogens is 1. The van der Waals surface area contributed by atoms with Crippen molar-refractivity contribution < 1.29 is 13.4 Å². The van der Waals surface area contributed by atoms with Crippen molar-refractivity contribution in [2.75, 3.05) is 6.54 Å². The summed E-state index contributed by atoms with van der Waals surface area (Å²) in [5, 5.41) is 2.71. The van der Waals surface area contributed by atoms with Crippen LogP contribution in [-0.4, -0.2) is 21.9 Å². The lowest BCUT2D eigenvalue weighted by molar-refractivity contribution is -0.122. The minimum atomic E-state index is -1.10. The van der Waals surface area contributed by atoms with Crippen LogP contribution in [0, 0.1) is 5.92 Å². The van der Waals surface area contributed by atoms with E-state index in [4.69, 9.17) is 0 Å². The van der Waals surface area contributed by atoms with Gasteiger partial charge in [0.15, 0.2) is 0 Å². The van der Waals surface area contributed by atoms with Gasteiger partial charge in [-0.15, -0.1) is 6.58 Å². The maximum absolute atomic E-state index is 12.8. The zero-order chi connectivity index (χ0) is 18.5. The molecular weight excluding hydrogens is 327 g/mol. The lowest BCUT2D eigenvalue weighted by atomic mass is 10.0. The van der Waals surface area contributed by atoms with Gasteiger partial charge in [-0.05, 0) is 45.4 Å². The van der Waals surface area contributed by atoms with Gasteiger partial charge in [-0.25, -0.2) is 13.3 Å². The molecule has 0 aliphatic carbocycles. The van der Waals surface area contributed by atoms with Gasteiger partial charge in [-0.1, -0.05) is 24.8 Å². The van der Waals surface area contributed by atoms with Gasteiger partial charge in [0.25, 0.3) is 0 Å². The Hall–Kier alpha value is -1.79. The Bertz CT molecular complexity index is 547. The fourth-order valence-electron chi connectivity index (χ4n) is 1.58. The highest BCUT2D eigenvalue weighted by Crippen LogP contribution is 2.08. The average molecular weight is 354 g/mol. The molecule has 0 radical (unpaired) electrons. The van der Waals surface area contributed by atoms with Crippen LogP contribution in [0.5, 0.6) is 0 Å². The third kappa shape index (κ3) is 10.1. The molecule has 2 unspecified atom stereocenters. The lowest BCUT2D eigenvalue weighted by Crippen LogP contribution is -2.29. The summed E-state index contributed by atoms with van der Waals surface area (Å²) in [6, 6.07) is 0. The van der Waals surface area contributed by atoms with Crippen molar-refractivity contribution in [3.05, 3.63) is 61.1 Å². The van der Waals surface area contributed by atoms with Crippen molar-refractivity contribution in [3.63, 3.8) is 0 Å². The summed E-state index contributed by atoms with van der Waals surface area (Å²) in [4.78, 5) is 12.3. The fraction of sp³-hybridized carbons (Fsp3) is 0.389. The molecule has 0 aromatic heterocycles. The van der Waals surface area contributed by atoms with Gasteiger partial charge in [0, 0.05) is 17.5 Å². The van der Waals surface area contributed by atoms with Gasteiger partial charge in [0.2, 0.25) is 5.91 Å². The Morgan fingerprint density at radius 1 is 1.29 bits per heavy atom. The van der Waals surface area contributed by atoms with Crippen LogP contribution in [0.25, 0.3) is 0 Å². The van der Waals surface area contributed by atoms with E-state index in [1.165, 1.54) is 25.2 Å². The Morgan fingerprint density at radius 2 is 1.96 bits per heavy atom. The van der Waals surface area contributed by atoms with Gasteiger partial charge in [0.1, 0.15) is 0 Å². The second-order valence-electron chi connectivity index (χ2n) is 5.32. The minimum Gasteiger partial charge on any atom is -0.326 e. The number of carbonyl (C=O) groups excluding carboxylic acids is 1. The van der Waals surface area contributed by atoms with Gasteiger partial charge in [-0.3, -0.25) is 4.79 Å². The van der Waals surface area contributed by atoms with Gasteiger partial charge < -0.3 is 5.32 Å². The third-order valence-corrected chi connectivity index (χ3v) is 4.18. The number of hydrogen-bond donors (Lipinski definition) is 2. The van der Waals surface area contributed by atoms with E-state index in [1.807, 2.05) is 13.8 Å². The first-order valence-electron chi connectivity index (χ1n) is 7.70. The zero-order valence-electron chi connectivity index (χ0n) is 14.5. The summed E-state index contributed by atoms with van der Waals surface area (Å²) in [7, 11) is -1.10. The van der Waals surface area contributed by atoms with Gasteiger partial charge in [0.05, 0.1) is 22.7 Å². The molecule has 0 fully saturated rings. The van der Waals surface area contributed by atoms with Crippen LogP contribution >= 0.6 is 0 Å². The Kier molecular flexibility index (Phi) is 11.7. The van der Waals surface area contributed by atoms with Crippen LogP contribution < -0.4 is 10.0 Å². The zero-order valence-corrected chi connectivity index (χ0v) is 15.4. The molecule has 0 saturated heterocycles. The highest BCUT2D eigenvalue weighted by molar-refractivity contribution is 7.83. The molecule has 2 N–H and O–H groups in total. The van der Waals surface area contributed by atoms with Crippen LogP contribution in [-0.2, 0) is 15.8 Å². The van der Waals surface area contributed by atoms with Crippen molar-refractivity contribution in [2.45, 2.75) is 32.4 Å². The molecular formula is C18H27FN2O2S. The molecule has 4 nitrogen and oxygen atoms in total. The number of nitrogens with one attached hydrogen (secondary N) is 2. The Morgan fingerprint density at radius 3 is 2.46 bits per heavy atom. The summed E-state index contributed by atoms with van der Waals surface area (Å²) in [6.07, 6.45) is 9.74. The Balaban J connectivity index is 4.79. The van der Waals surface area contributed by atoms with Crippen molar-refractivity contribution in [2.24, 2.45) is 5.92 Å². The van der Waals surface area contributed by atoms with Crippen LogP contribution in [0.1, 0.15) is 27.2 Å². The third-order valence-electron chi connectivity index (χ3n) is 2.88. The summed E-state index contributed by atoms with van der Waals surface area (Å²) in [5.41, 5.74) is 0.415. The van der Waals surface area contributed by atoms with Gasteiger partial charge in [-0.2, -0.15) is 0 Å². The highest BCUT2D eigenvalue weighted by Gasteiger charge is 2.14. The standard InChI is InChI=1S/C18H27FN2O2S/c1-6-9-16(10-8-13-20-24(23)14(3)4)18(22)21-17(7-2)12-11-15(5)19/h6-8,10-12,14,16,20H,1-2,9,13H2,3-5H3,(H,21,22)/b10-8-,15-11+,17-12+. The van der Waals surface area contributed by atoms with E-state index < -0.39 is 16.9 Å². The van der Waals surface area contributed by atoms with Crippen molar-refractivity contribution in [1.29, 1.82) is 0 Å². The van der Waals surface area contributed by atoms with Crippen molar-refractivity contribution >= 4 is 16.9 Å². The first-order valence-corrected chi connectivity index (χ1v) is 8.92. The molecule has 0 aromatic carbocycles. The first-order chi connectivity index (χ1) is 11.3. The maximum atomic E-state index is 12.8. The molecule has 0 spiro atoms. The van der Waals surface area contributed by atoms with E-state index in [9.17, 15) is 13.4 Å². The number of rotatable bonds is 11. The second-order valence-corrected chi connectivity index (χ2v) is 7.15. The molecule has 0 heterocycles. The Labute approximate surface area is 146 Å². The van der Waals surface area contributed by atoms with Crippen LogP contribution in [0.15, 0.2) is 61.1 Å². The number of amides is 1. The van der Waals surface area contributed by atoms with Crippen LogP contribution in [0.4, 0.5) is 4.39 Å². The summed E-state index contributed by atoms with van der Waals surface area (Å²) in [5.74, 6) is -1.03. The van der Waals surface area contributed by atoms with E-state index in [-0.39, 0.29) is 17.0 Å². The molecule has 0 bridgehead atoms. The topological polar surface area (TPSA) is 58.2 Å². The predicted molar refractivity (Wildman–Crippen MR) is 100 cm³/mol. The molecule has 1 amide bonds. The smallest absolute Gasteiger partial charge is 0.231 e. The molecule has 24 heavy (non-hydrogen) atoms. The van der Waals surface area contributed by atoms with Crippen molar-refractivity contribution in [1.82, 2.24) is 10.0 Å². The number of allylic oxidation sites excluding steroid dienone is 5. The largest absolute Gasteiger partial charge is 0.326 e. The molecule has 0 aromatic rings. The van der Waals surface area contributed by atoms with E-state index in [2.05, 4.69) is 23.2 Å². The fourth-order valence-corrected chi connectivity index (χ4v) is 2.18. The van der Waals surface area contributed by atoms with Crippen molar-refractivity contribution in [3.8, 4) is 0 Å². The van der Waals surface area contributed by atoms with E-state index in [0.717, 1.165) is 0 Å². The van der Waals surface area contributed by atoms with Crippen LogP contribution in [0.3, 0.4) is 0 Å². The average Bonchev–Trinajstić information content (AvgIpc) is 2.53. The predicted octanol–water partition coefficient (Wildman–Crippen LogP) is 3.46. The lowest BCUT2D eigenvalue weighted by Gasteiger charge is -2.12. The maximum Gasteiger partial charge on any atom is 0.231 e. The van der Waals surface area contributed by atoms with E-state index in [1.54, 1.807) is 18.2 Å². The molecule has 134 valence electrons. The molecule has 0 rings (SSSR count). The normalized spacial score (nSPS) is 15.4. The first kappa shape index (κ1) is 22.2. The monoisotopic (exact) mass is 354 g/mol. The highest BCUT2D eigenvalue weighted by atomic mass is 32.2. The molecule has 2 atom stereocenters.